The van der Waals surface area contributed by atoms with E-state index in [4.69, 9.17) is 11.6 Å². The maximum absolute atomic E-state index is 12.1. The molecule has 0 amide bonds. The van der Waals surface area contributed by atoms with E-state index >= 15 is 0 Å². The number of fused-ring (bicyclic) bond motifs is 3. The number of hydrogen-bond donors (Lipinski definition) is 1. The summed E-state index contributed by atoms with van der Waals surface area (Å²) in [6.07, 6.45) is 1.36. The topological polar surface area (TPSA) is 79.0 Å². The highest BCUT2D eigenvalue weighted by molar-refractivity contribution is 7.89. The Balaban J connectivity index is 2.34. The Hall–Kier alpha value is -1.70. The average Bonchev–Trinajstić information content (AvgIpc) is 2.77. The van der Waals surface area contributed by atoms with Crippen molar-refractivity contribution in [1.29, 1.82) is 0 Å². The third-order valence-electron chi connectivity index (χ3n) is 3.09. The molecule has 0 saturated heterocycles. The first-order chi connectivity index (χ1) is 9.41. The molecule has 0 saturated carbocycles. The lowest BCUT2D eigenvalue weighted by atomic mass is 10.2. The third kappa shape index (κ3) is 1.86. The molecule has 8 heteroatoms. The first kappa shape index (κ1) is 13.3. The van der Waals surface area contributed by atoms with Crippen LogP contribution in [0.2, 0.25) is 5.15 Å². The van der Waals surface area contributed by atoms with Gasteiger partial charge in [0, 0.05) is 25.0 Å². The van der Waals surface area contributed by atoms with Gasteiger partial charge in [0.1, 0.15) is 17.1 Å². The predicted octanol–water partition coefficient (Wildman–Crippen LogP) is 2.01. The van der Waals surface area contributed by atoms with Crippen LogP contribution in [-0.4, -0.2) is 41.8 Å². The molecule has 2 heterocycles. The normalized spacial score (nSPS) is 12.6. The van der Waals surface area contributed by atoms with Gasteiger partial charge in [0.15, 0.2) is 0 Å². The summed E-state index contributed by atoms with van der Waals surface area (Å²) in [5, 5.41) is 1.82. The van der Waals surface area contributed by atoms with Crippen LogP contribution in [0.5, 0.6) is 0 Å². The SMILES string of the molecule is CN(C)S(=O)(=O)c1ccc2c(c1)[nH]c1ncnc(Cl)c12. The van der Waals surface area contributed by atoms with Crippen molar-refractivity contribution in [2.24, 2.45) is 0 Å². The number of H-pyrrole nitrogens is 1. The van der Waals surface area contributed by atoms with Crippen molar-refractivity contribution >= 4 is 43.6 Å². The van der Waals surface area contributed by atoms with Crippen molar-refractivity contribution < 1.29 is 8.42 Å². The van der Waals surface area contributed by atoms with E-state index in [2.05, 4.69) is 15.0 Å². The van der Waals surface area contributed by atoms with E-state index in [1.807, 2.05) is 0 Å². The lowest BCUT2D eigenvalue weighted by Crippen LogP contribution is -2.22. The monoisotopic (exact) mass is 310 g/mol. The zero-order chi connectivity index (χ0) is 14.5. The highest BCUT2D eigenvalue weighted by atomic mass is 35.5. The number of hydrogen-bond acceptors (Lipinski definition) is 4. The van der Waals surface area contributed by atoms with Crippen molar-refractivity contribution in [3.8, 4) is 0 Å². The van der Waals surface area contributed by atoms with E-state index in [1.165, 1.54) is 24.7 Å². The highest BCUT2D eigenvalue weighted by Gasteiger charge is 2.19. The van der Waals surface area contributed by atoms with Gasteiger partial charge in [0.05, 0.1) is 10.3 Å². The van der Waals surface area contributed by atoms with Gasteiger partial charge in [-0.3, -0.25) is 0 Å². The molecular weight excluding hydrogens is 300 g/mol. The molecule has 20 heavy (non-hydrogen) atoms. The fourth-order valence-corrected chi connectivity index (χ4v) is 3.20. The number of halogens is 1. The van der Waals surface area contributed by atoms with Gasteiger partial charge < -0.3 is 4.98 Å². The van der Waals surface area contributed by atoms with Gasteiger partial charge in [-0.15, -0.1) is 0 Å². The number of sulfonamides is 1. The van der Waals surface area contributed by atoms with Gasteiger partial charge in [-0.2, -0.15) is 0 Å². The standard InChI is InChI=1S/C12H11ClN4O2S/c1-17(2)20(18,19)7-3-4-8-9(5-7)16-12-10(8)11(13)14-6-15-12/h3-6H,1-2H3,(H,14,15,16). The van der Waals surface area contributed by atoms with Gasteiger partial charge in [0.2, 0.25) is 10.0 Å². The van der Waals surface area contributed by atoms with E-state index in [1.54, 1.807) is 18.2 Å². The molecule has 0 fully saturated rings. The van der Waals surface area contributed by atoms with Crippen molar-refractivity contribution in [3.05, 3.63) is 29.7 Å². The summed E-state index contributed by atoms with van der Waals surface area (Å²) < 4.78 is 25.4. The minimum Gasteiger partial charge on any atom is -0.339 e. The molecule has 3 rings (SSSR count). The van der Waals surface area contributed by atoms with Crippen molar-refractivity contribution in [2.75, 3.05) is 14.1 Å². The number of benzene rings is 1. The molecule has 0 aliphatic heterocycles. The first-order valence-electron chi connectivity index (χ1n) is 5.76. The predicted molar refractivity (Wildman–Crippen MR) is 77.3 cm³/mol. The van der Waals surface area contributed by atoms with Crippen LogP contribution in [0.3, 0.4) is 0 Å². The molecule has 0 bridgehead atoms. The summed E-state index contributed by atoms with van der Waals surface area (Å²) in [5.41, 5.74) is 1.24. The van der Waals surface area contributed by atoms with E-state index in [9.17, 15) is 8.42 Å². The average molecular weight is 311 g/mol. The summed E-state index contributed by atoms with van der Waals surface area (Å²) in [6.45, 7) is 0. The highest BCUT2D eigenvalue weighted by Crippen LogP contribution is 2.30. The Labute approximate surface area is 120 Å². The van der Waals surface area contributed by atoms with Gasteiger partial charge in [-0.05, 0) is 12.1 Å². The molecule has 0 aliphatic rings. The summed E-state index contributed by atoms with van der Waals surface area (Å²) in [7, 11) is -0.485. The third-order valence-corrected chi connectivity index (χ3v) is 5.19. The van der Waals surface area contributed by atoms with Crippen molar-refractivity contribution in [2.45, 2.75) is 4.90 Å². The second kappa shape index (κ2) is 4.41. The summed E-state index contributed by atoms with van der Waals surface area (Å²) in [5.74, 6) is 0. The van der Waals surface area contributed by atoms with Crippen LogP contribution in [0.1, 0.15) is 0 Å². The second-order valence-electron chi connectivity index (χ2n) is 4.51. The zero-order valence-electron chi connectivity index (χ0n) is 10.8. The molecule has 6 nitrogen and oxygen atoms in total. The molecule has 104 valence electrons. The van der Waals surface area contributed by atoms with E-state index in [0.717, 1.165) is 5.39 Å². The maximum atomic E-state index is 12.1. The summed E-state index contributed by atoms with van der Waals surface area (Å²) in [4.78, 5) is 11.3. The molecule has 3 aromatic rings. The van der Waals surface area contributed by atoms with Crippen LogP contribution in [0.15, 0.2) is 29.4 Å². The fraction of sp³-hybridized carbons (Fsp3) is 0.167. The Morgan fingerprint density at radius 2 is 2.00 bits per heavy atom. The molecule has 0 atom stereocenters. The molecule has 0 unspecified atom stereocenters. The van der Waals surface area contributed by atoms with Crippen LogP contribution >= 0.6 is 11.6 Å². The maximum Gasteiger partial charge on any atom is 0.242 e. The Kier molecular flexibility index (Phi) is 2.93. The van der Waals surface area contributed by atoms with Gasteiger partial charge >= 0.3 is 0 Å². The molecule has 2 aromatic heterocycles. The van der Waals surface area contributed by atoms with E-state index in [0.29, 0.717) is 21.7 Å². The molecule has 0 spiro atoms. The minimum absolute atomic E-state index is 0.214. The van der Waals surface area contributed by atoms with Crippen molar-refractivity contribution in [3.63, 3.8) is 0 Å². The quantitative estimate of drug-likeness (QED) is 0.734. The van der Waals surface area contributed by atoms with E-state index < -0.39 is 10.0 Å². The number of nitrogens with one attached hydrogen (secondary N) is 1. The number of aromatic amines is 1. The van der Waals surface area contributed by atoms with Crippen molar-refractivity contribution in [1.82, 2.24) is 19.3 Å². The number of rotatable bonds is 2. The van der Waals surface area contributed by atoms with E-state index in [-0.39, 0.29) is 4.90 Å². The van der Waals surface area contributed by atoms with Crippen LogP contribution in [0.25, 0.3) is 21.9 Å². The smallest absolute Gasteiger partial charge is 0.242 e. The van der Waals surface area contributed by atoms with Gasteiger partial charge in [-0.1, -0.05) is 17.7 Å². The van der Waals surface area contributed by atoms with Crippen LogP contribution in [0, 0.1) is 0 Å². The van der Waals surface area contributed by atoms with Gasteiger partial charge in [0.25, 0.3) is 0 Å². The fourth-order valence-electron chi connectivity index (χ4n) is 2.04. The summed E-state index contributed by atoms with van der Waals surface area (Å²) in [6, 6.07) is 4.83. The first-order valence-corrected chi connectivity index (χ1v) is 7.57. The Bertz CT molecular complexity index is 918. The molecule has 0 aliphatic carbocycles. The van der Waals surface area contributed by atoms with Gasteiger partial charge in [-0.25, -0.2) is 22.7 Å². The minimum atomic E-state index is -3.47. The van der Waals surface area contributed by atoms with Crippen LogP contribution < -0.4 is 0 Å². The van der Waals surface area contributed by atoms with Crippen LogP contribution in [-0.2, 0) is 10.0 Å². The molecule has 1 N–H and O–H groups in total. The largest absolute Gasteiger partial charge is 0.339 e. The summed E-state index contributed by atoms with van der Waals surface area (Å²) >= 11 is 6.06. The lowest BCUT2D eigenvalue weighted by molar-refractivity contribution is 0.521. The Morgan fingerprint density at radius 1 is 1.25 bits per heavy atom. The Morgan fingerprint density at radius 3 is 2.70 bits per heavy atom. The second-order valence-corrected chi connectivity index (χ2v) is 7.02. The zero-order valence-corrected chi connectivity index (χ0v) is 12.3. The molecule has 0 radical (unpaired) electrons. The molecular formula is C12H11ClN4O2S. The molecule has 1 aromatic carbocycles. The number of aromatic nitrogens is 3. The number of nitrogens with zero attached hydrogens (tertiary/aromatic N) is 3. The lowest BCUT2D eigenvalue weighted by Gasteiger charge is -2.10. The van der Waals surface area contributed by atoms with Crippen LogP contribution in [0.4, 0.5) is 0 Å².